The zero-order valence-electron chi connectivity index (χ0n) is 23.0. The van der Waals surface area contributed by atoms with Crippen molar-refractivity contribution in [2.45, 2.75) is 53.4 Å². The first kappa shape index (κ1) is 30.5. The van der Waals surface area contributed by atoms with Crippen LogP contribution in [0.2, 0.25) is 5.02 Å². The van der Waals surface area contributed by atoms with Crippen LogP contribution in [-0.2, 0) is 16.0 Å². The molecule has 2 aliphatic rings. The summed E-state index contributed by atoms with van der Waals surface area (Å²) in [6.07, 6.45) is 9.44. The third-order valence-electron chi connectivity index (χ3n) is 6.22. The number of hydrogen-bond acceptors (Lipinski definition) is 6. The maximum atomic E-state index is 12.3. The molecule has 0 saturated carbocycles. The predicted molar refractivity (Wildman–Crippen MR) is 150 cm³/mol. The highest BCUT2D eigenvalue weighted by Gasteiger charge is 2.25. The fourth-order valence-electron chi connectivity index (χ4n) is 3.96. The first-order valence-corrected chi connectivity index (χ1v) is 13.5. The largest absolute Gasteiger partial charge is 0.454 e. The molecule has 1 aromatic carbocycles. The van der Waals surface area contributed by atoms with Crippen molar-refractivity contribution in [2.24, 2.45) is 0 Å². The molecule has 3 rings (SSSR count). The molecule has 0 atom stereocenters. The highest BCUT2D eigenvalue weighted by Crippen LogP contribution is 2.37. The van der Waals surface area contributed by atoms with E-state index in [4.69, 9.17) is 21.1 Å². The fourth-order valence-corrected chi connectivity index (χ4v) is 4.20. The predicted octanol–water partition coefficient (Wildman–Crippen LogP) is 5.45. The Balaban J connectivity index is 0.000000308. The number of ketones is 1. The summed E-state index contributed by atoms with van der Waals surface area (Å²) in [5, 5.41) is 0.770. The van der Waals surface area contributed by atoms with Gasteiger partial charge in [0, 0.05) is 49.4 Å². The maximum absolute atomic E-state index is 12.3. The van der Waals surface area contributed by atoms with E-state index in [-0.39, 0.29) is 11.7 Å². The smallest absolute Gasteiger partial charge is 0.246 e. The Morgan fingerprint density at radius 3 is 2.43 bits per heavy atom. The Hall–Kier alpha value is -2.77. The number of nitrogens with zero attached hydrogens (tertiary/aromatic N) is 3. The van der Waals surface area contributed by atoms with E-state index in [0.29, 0.717) is 32.1 Å². The number of ether oxygens (including phenoxy) is 2. The molecule has 0 N–H and O–H groups in total. The number of carbonyl (C=O) groups excluding carboxylic acids is 2. The highest BCUT2D eigenvalue weighted by atomic mass is 35.5. The molecule has 0 bridgehead atoms. The topological polar surface area (TPSA) is 62.3 Å². The molecule has 8 heteroatoms. The molecule has 1 amide bonds. The van der Waals surface area contributed by atoms with E-state index in [2.05, 4.69) is 32.3 Å². The van der Waals surface area contributed by atoms with Gasteiger partial charge < -0.3 is 24.2 Å². The number of carbonyl (C=O) groups is 2. The van der Waals surface area contributed by atoms with E-state index >= 15 is 0 Å². The maximum Gasteiger partial charge on any atom is 0.246 e. The molecule has 0 spiro atoms. The summed E-state index contributed by atoms with van der Waals surface area (Å²) < 4.78 is 10.5. The van der Waals surface area contributed by atoms with E-state index in [0.717, 1.165) is 66.6 Å². The second kappa shape index (κ2) is 15.5. The lowest BCUT2D eigenvalue weighted by molar-refractivity contribution is -0.126. The van der Waals surface area contributed by atoms with Gasteiger partial charge >= 0.3 is 0 Å². The van der Waals surface area contributed by atoms with Gasteiger partial charge in [-0.25, -0.2) is 0 Å². The number of rotatable bonds is 10. The van der Waals surface area contributed by atoms with Gasteiger partial charge in [-0.05, 0) is 38.1 Å². The zero-order valence-corrected chi connectivity index (χ0v) is 23.8. The molecular weight excluding hydrogens is 490 g/mol. The van der Waals surface area contributed by atoms with Gasteiger partial charge in [0.2, 0.25) is 12.7 Å². The van der Waals surface area contributed by atoms with Crippen molar-refractivity contribution in [3.8, 4) is 11.5 Å². The van der Waals surface area contributed by atoms with E-state index < -0.39 is 0 Å². The van der Waals surface area contributed by atoms with Crippen molar-refractivity contribution in [3.63, 3.8) is 0 Å². The lowest BCUT2D eigenvalue weighted by atomic mass is 10.1. The molecule has 37 heavy (non-hydrogen) atoms. The minimum atomic E-state index is 0.00205. The van der Waals surface area contributed by atoms with E-state index in [9.17, 15) is 9.59 Å². The molecule has 2 aliphatic heterocycles. The Morgan fingerprint density at radius 2 is 1.84 bits per heavy atom. The quantitative estimate of drug-likeness (QED) is 0.374. The van der Waals surface area contributed by atoms with Gasteiger partial charge in [0.15, 0.2) is 17.3 Å². The van der Waals surface area contributed by atoms with Crippen LogP contribution in [0.25, 0.3) is 0 Å². The average Bonchev–Trinajstić information content (AvgIpc) is 3.32. The van der Waals surface area contributed by atoms with Crippen molar-refractivity contribution in [2.75, 3.05) is 46.6 Å². The molecule has 0 aromatic heterocycles. The Kier molecular flexibility index (Phi) is 12.7. The van der Waals surface area contributed by atoms with E-state index in [1.807, 2.05) is 36.2 Å². The van der Waals surface area contributed by atoms with Crippen LogP contribution in [-0.4, -0.2) is 73.0 Å². The van der Waals surface area contributed by atoms with Crippen molar-refractivity contribution >= 4 is 23.3 Å². The Morgan fingerprint density at radius 1 is 1.14 bits per heavy atom. The number of Topliss-reactive ketones (excluding diaryl/α,β-unsaturated/α-hetero) is 1. The number of likely N-dealkylation sites (N-methyl/N-ethyl adjacent to an activating group) is 1. The van der Waals surface area contributed by atoms with Crippen LogP contribution in [0.4, 0.5) is 0 Å². The molecule has 0 radical (unpaired) electrons. The number of halogens is 1. The highest BCUT2D eigenvalue weighted by molar-refractivity contribution is 6.31. The lowest BCUT2D eigenvalue weighted by Crippen LogP contribution is -2.46. The first-order chi connectivity index (χ1) is 17.7. The van der Waals surface area contributed by atoms with Crippen LogP contribution >= 0.6 is 11.6 Å². The van der Waals surface area contributed by atoms with Gasteiger partial charge in [-0.2, -0.15) is 0 Å². The van der Waals surface area contributed by atoms with Crippen molar-refractivity contribution in [1.82, 2.24) is 14.7 Å². The van der Waals surface area contributed by atoms with Crippen molar-refractivity contribution < 1.29 is 19.1 Å². The lowest BCUT2D eigenvalue weighted by Gasteiger charge is -2.38. The standard InChI is InChI=1S/C19H31N3O2.C10H11ClO2/c1-6-8-10-18(17(4)23)22-14-13-21(15-16(22)3)19(24)11-9-12-20(5)7-2;1-2-3-7-4-9-10(5-8(7)11)13-6-12-9/h9-11H,3,6-8,12-15H2,1-2,4-5H3;4-5H,2-3,6H2,1H3/b11-9+,18-10-;. The van der Waals surface area contributed by atoms with Crippen LogP contribution in [0.3, 0.4) is 0 Å². The fraction of sp³-hybridized carbons (Fsp3) is 0.517. The van der Waals surface area contributed by atoms with Crippen LogP contribution < -0.4 is 9.47 Å². The number of allylic oxidation sites excluding steroid dienone is 2. The number of fused-ring (bicyclic) bond motifs is 1. The van der Waals surface area contributed by atoms with Gasteiger partial charge in [-0.3, -0.25) is 9.59 Å². The molecule has 0 aliphatic carbocycles. The van der Waals surface area contributed by atoms with Gasteiger partial charge in [-0.15, -0.1) is 0 Å². The zero-order chi connectivity index (χ0) is 27.4. The summed E-state index contributed by atoms with van der Waals surface area (Å²) in [6, 6.07) is 3.79. The van der Waals surface area contributed by atoms with Crippen LogP contribution in [0.5, 0.6) is 11.5 Å². The monoisotopic (exact) mass is 531 g/mol. The van der Waals surface area contributed by atoms with Gasteiger partial charge in [0.05, 0.1) is 12.2 Å². The Labute approximate surface area is 227 Å². The molecule has 1 fully saturated rings. The average molecular weight is 532 g/mol. The Bertz CT molecular complexity index is 1010. The normalized spacial score (nSPS) is 15.3. The first-order valence-electron chi connectivity index (χ1n) is 13.1. The van der Waals surface area contributed by atoms with Crippen LogP contribution in [0, 0.1) is 0 Å². The minimum absolute atomic E-state index is 0.00205. The number of unbranched alkanes of at least 4 members (excludes halogenated alkanes) is 1. The molecule has 7 nitrogen and oxygen atoms in total. The number of benzene rings is 1. The number of piperazine rings is 1. The molecule has 204 valence electrons. The summed E-state index contributed by atoms with van der Waals surface area (Å²) in [6.45, 7) is 15.6. The van der Waals surface area contributed by atoms with Gasteiger partial charge in [0.1, 0.15) is 0 Å². The second-order valence-corrected chi connectivity index (χ2v) is 9.62. The number of aryl methyl sites for hydroxylation is 1. The second-order valence-electron chi connectivity index (χ2n) is 9.22. The summed E-state index contributed by atoms with van der Waals surface area (Å²) in [5.74, 6) is 1.62. The van der Waals surface area contributed by atoms with E-state index in [1.165, 1.54) is 0 Å². The van der Waals surface area contributed by atoms with Gasteiger partial charge in [0.25, 0.3) is 0 Å². The van der Waals surface area contributed by atoms with Crippen molar-refractivity contribution in [3.05, 3.63) is 58.9 Å². The summed E-state index contributed by atoms with van der Waals surface area (Å²) in [4.78, 5) is 30.0. The third kappa shape index (κ3) is 9.24. The van der Waals surface area contributed by atoms with Crippen molar-refractivity contribution in [1.29, 1.82) is 0 Å². The molecule has 1 aromatic rings. The molecule has 0 unspecified atom stereocenters. The molecular formula is C29H42ClN3O4. The third-order valence-corrected chi connectivity index (χ3v) is 6.57. The molecule has 1 saturated heterocycles. The number of amides is 1. The van der Waals surface area contributed by atoms with Crippen LogP contribution in [0.15, 0.2) is 48.3 Å². The molecule has 2 heterocycles. The minimum Gasteiger partial charge on any atom is -0.454 e. The van der Waals surface area contributed by atoms with Crippen LogP contribution in [0.1, 0.15) is 52.5 Å². The summed E-state index contributed by atoms with van der Waals surface area (Å²) in [7, 11) is 2.02. The SMILES string of the molecule is C=C1CN(C(=O)/C=C/CN(C)CC)CCN1/C(=C\CCC)C(C)=O.CCCc1cc2c(cc1Cl)OCO2. The van der Waals surface area contributed by atoms with Gasteiger partial charge in [-0.1, -0.05) is 63.9 Å². The number of hydrogen-bond donors (Lipinski definition) is 0. The summed E-state index contributed by atoms with van der Waals surface area (Å²) in [5.41, 5.74) is 2.63. The van der Waals surface area contributed by atoms with E-state index in [1.54, 1.807) is 17.9 Å². The summed E-state index contributed by atoms with van der Waals surface area (Å²) >= 11 is 6.05.